The lowest BCUT2D eigenvalue weighted by molar-refractivity contribution is 0.0686. The van der Waals surface area contributed by atoms with E-state index in [-0.39, 0.29) is 0 Å². The number of aryl methyl sites for hydroxylation is 1. The fraction of sp³-hybridized carbons (Fsp3) is 0.154. The van der Waals surface area contributed by atoms with Gasteiger partial charge in [-0.25, -0.2) is 13.9 Å². The van der Waals surface area contributed by atoms with E-state index >= 15 is 0 Å². The average Bonchev–Trinajstić information content (AvgIpc) is 2.39. The van der Waals surface area contributed by atoms with Gasteiger partial charge >= 0.3 is 5.97 Å². The van der Waals surface area contributed by atoms with E-state index < -0.39 is 22.9 Å². The van der Waals surface area contributed by atoms with Crippen LogP contribution in [0.2, 0.25) is 0 Å². The third-order valence-corrected chi connectivity index (χ3v) is 2.64. The first kappa shape index (κ1) is 12.9. The number of aromatic carboxylic acids is 1. The standard InChI is InChI=1S/C13H11FN2O3/c1-2-9-7-11(17)12(13(18)19)15-16(9)10-5-3-8(14)4-6-10/h3-7H,2H2,1H3,(H,18,19). The van der Waals surface area contributed by atoms with Gasteiger partial charge in [0.2, 0.25) is 11.1 Å². The molecule has 0 aliphatic heterocycles. The van der Waals surface area contributed by atoms with Gasteiger partial charge in [-0.2, -0.15) is 5.10 Å². The summed E-state index contributed by atoms with van der Waals surface area (Å²) in [6, 6.07) is 6.67. The van der Waals surface area contributed by atoms with Gasteiger partial charge < -0.3 is 5.11 Å². The Morgan fingerprint density at radius 2 is 2.00 bits per heavy atom. The fourth-order valence-electron chi connectivity index (χ4n) is 1.70. The maximum atomic E-state index is 12.9. The van der Waals surface area contributed by atoms with Gasteiger partial charge in [0, 0.05) is 11.8 Å². The topological polar surface area (TPSA) is 72.2 Å². The molecule has 1 aromatic heterocycles. The number of halogens is 1. The van der Waals surface area contributed by atoms with E-state index in [9.17, 15) is 14.0 Å². The van der Waals surface area contributed by atoms with Crippen molar-refractivity contribution in [3.05, 3.63) is 57.8 Å². The quantitative estimate of drug-likeness (QED) is 0.912. The first-order valence-electron chi connectivity index (χ1n) is 5.65. The van der Waals surface area contributed by atoms with Crippen LogP contribution in [0.1, 0.15) is 23.1 Å². The lowest BCUT2D eigenvalue weighted by atomic mass is 10.2. The van der Waals surface area contributed by atoms with Gasteiger partial charge in [0.05, 0.1) is 5.69 Å². The van der Waals surface area contributed by atoms with E-state index in [1.54, 1.807) is 0 Å². The highest BCUT2D eigenvalue weighted by Gasteiger charge is 2.14. The van der Waals surface area contributed by atoms with Gasteiger partial charge in [0.25, 0.3) is 0 Å². The molecule has 0 aliphatic rings. The van der Waals surface area contributed by atoms with E-state index in [1.807, 2.05) is 6.92 Å². The third-order valence-electron chi connectivity index (χ3n) is 2.64. The maximum absolute atomic E-state index is 12.9. The summed E-state index contributed by atoms with van der Waals surface area (Å²) in [5.74, 6) is -1.79. The molecular weight excluding hydrogens is 251 g/mol. The van der Waals surface area contributed by atoms with Crippen LogP contribution in [0.3, 0.4) is 0 Å². The molecule has 0 saturated heterocycles. The van der Waals surface area contributed by atoms with Gasteiger partial charge in [-0.3, -0.25) is 4.79 Å². The Bertz CT molecular complexity index is 677. The third kappa shape index (κ3) is 2.52. The summed E-state index contributed by atoms with van der Waals surface area (Å²) in [6.45, 7) is 1.82. The summed E-state index contributed by atoms with van der Waals surface area (Å²) in [7, 11) is 0. The van der Waals surface area contributed by atoms with E-state index in [0.29, 0.717) is 17.8 Å². The zero-order valence-electron chi connectivity index (χ0n) is 10.1. The molecule has 1 heterocycles. The smallest absolute Gasteiger partial charge is 0.360 e. The summed E-state index contributed by atoms with van der Waals surface area (Å²) in [5, 5.41) is 12.7. The zero-order chi connectivity index (χ0) is 14.0. The molecule has 0 bridgehead atoms. The van der Waals surface area contributed by atoms with Gasteiger partial charge in [-0.1, -0.05) is 6.92 Å². The average molecular weight is 262 g/mol. The molecule has 98 valence electrons. The first-order valence-corrected chi connectivity index (χ1v) is 5.65. The molecule has 19 heavy (non-hydrogen) atoms. The summed E-state index contributed by atoms with van der Waals surface area (Å²) >= 11 is 0. The lowest BCUT2D eigenvalue weighted by Crippen LogP contribution is -2.23. The number of carboxylic acid groups (broad SMARTS) is 1. The molecule has 0 saturated carbocycles. The molecule has 6 heteroatoms. The van der Waals surface area contributed by atoms with E-state index in [2.05, 4.69) is 5.10 Å². The molecule has 0 radical (unpaired) electrons. The Balaban J connectivity index is 2.67. The molecule has 2 aromatic rings. The molecular formula is C13H11FN2O3. The summed E-state index contributed by atoms with van der Waals surface area (Å²) < 4.78 is 14.2. The summed E-state index contributed by atoms with van der Waals surface area (Å²) in [5.41, 5.74) is -0.133. The number of hydrogen-bond acceptors (Lipinski definition) is 3. The van der Waals surface area contributed by atoms with Crippen LogP contribution in [0.5, 0.6) is 0 Å². The Morgan fingerprint density at radius 3 is 2.53 bits per heavy atom. The fourth-order valence-corrected chi connectivity index (χ4v) is 1.70. The van der Waals surface area contributed by atoms with E-state index in [1.165, 1.54) is 35.0 Å². The monoisotopic (exact) mass is 262 g/mol. The minimum absolute atomic E-state index is 0.402. The number of carbonyl (C=O) groups is 1. The number of aromatic nitrogens is 2. The predicted octanol–water partition coefficient (Wildman–Crippen LogP) is 1.63. The molecule has 0 aliphatic carbocycles. The highest BCUT2D eigenvalue weighted by Crippen LogP contribution is 2.11. The molecule has 1 N–H and O–H groups in total. The SMILES string of the molecule is CCc1cc(=O)c(C(=O)O)nn1-c1ccc(F)cc1. The maximum Gasteiger partial charge on any atom is 0.360 e. The van der Waals surface area contributed by atoms with Crippen LogP contribution < -0.4 is 5.43 Å². The van der Waals surface area contributed by atoms with Crippen LogP contribution in [-0.2, 0) is 6.42 Å². The Labute approximate surface area is 107 Å². The Kier molecular flexibility index (Phi) is 3.41. The normalized spacial score (nSPS) is 10.4. The van der Waals surface area contributed by atoms with Crippen LogP contribution in [0.15, 0.2) is 35.1 Å². The zero-order valence-corrected chi connectivity index (χ0v) is 10.1. The van der Waals surface area contributed by atoms with Crippen LogP contribution in [0, 0.1) is 5.82 Å². The van der Waals surface area contributed by atoms with Crippen molar-refractivity contribution < 1.29 is 14.3 Å². The van der Waals surface area contributed by atoms with Crippen molar-refractivity contribution >= 4 is 5.97 Å². The van der Waals surface area contributed by atoms with Crippen LogP contribution >= 0.6 is 0 Å². The van der Waals surface area contributed by atoms with Crippen molar-refractivity contribution in [3.63, 3.8) is 0 Å². The number of benzene rings is 1. The summed E-state index contributed by atoms with van der Waals surface area (Å²) in [6.07, 6.45) is 0.500. The van der Waals surface area contributed by atoms with Crippen LogP contribution in [0.4, 0.5) is 4.39 Å². The minimum atomic E-state index is -1.39. The molecule has 1 aromatic carbocycles. The van der Waals surface area contributed by atoms with E-state index in [0.717, 1.165) is 0 Å². The summed E-state index contributed by atoms with van der Waals surface area (Å²) in [4.78, 5) is 22.5. The molecule has 5 nitrogen and oxygen atoms in total. The van der Waals surface area contributed by atoms with Gasteiger partial charge in [0.1, 0.15) is 5.82 Å². The van der Waals surface area contributed by atoms with Crippen molar-refractivity contribution in [3.8, 4) is 5.69 Å². The van der Waals surface area contributed by atoms with Crippen molar-refractivity contribution in [1.29, 1.82) is 0 Å². The molecule has 0 unspecified atom stereocenters. The Hall–Kier alpha value is -2.50. The van der Waals surface area contributed by atoms with Crippen molar-refractivity contribution in [2.45, 2.75) is 13.3 Å². The highest BCUT2D eigenvalue weighted by atomic mass is 19.1. The van der Waals surface area contributed by atoms with Crippen molar-refractivity contribution in [2.75, 3.05) is 0 Å². The molecule has 0 atom stereocenters. The molecule has 2 rings (SSSR count). The molecule has 0 fully saturated rings. The second-order valence-corrected chi connectivity index (χ2v) is 3.90. The predicted molar refractivity (Wildman–Crippen MR) is 66.1 cm³/mol. The second kappa shape index (κ2) is 5.01. The number of nitrogens with zero attached hydrogens (tertiary/aromatic N) is 2. The van der Waals surface area contributed by atoms with Crippen molar-refractivity contribution in [2.24, 2.45) is 0 Å². The first-order chi connectivity index (χ1) is 9.02. The lowest BCUT2D eigenvalue weighted by Gasteiger charge is -2.11. The van der Waals surface area contributed by atoms with E-state index in [4.69, 9.17) is 5.11 Å². The van der Waals surface area contributed by atoms with Crippen LogP contribution in [0.25, 0.3) is 5.69 Å². The second-order valence-electron chi connectivity index (χ2n) is 3.90. The number of carboxylic acids is 1. The number of hydrogen-bond donors (Lipinski definition) is 1. The number of rotatable bonds is 3. The van der Waals surface area contributed by atoms with Gasteiger partial charge in [-0.15, -0.1) is 0 Å². The highest BCUT2D eigenvalue weighted by molar-refractivity contribution is 5.84. The minimum Gasteiger partial charge on any atom is -0.476 e. The molecule has 0 spiro atoms. The van der Waals surface area contributed by atoms with Gasteiger partial charge in [-0.05, 0) is 30.7 Å². The molecule has 0 amide bonds. The van der Waals surface area contributed by atoms with Crippen molar-refractivity contribution in [1.82, 2.24) is 9.78 Å². The van der Waals surface area contributed by atoms with Crippen LogP contribution in [-0.4, -0.2) is 20.9 Å². The van der Waals surface area contributed by atoms with Gasteiger partial charge in [0.15, 0.2) is 0 Å². The largest absolute Gasteiger partial charge is 0.476 e. The Morgan fingerprint density at radius 1 is 1.37 bits per heavy atom.